The van der Waals surface area contributed by atoms with Gasteiger partial charge in [-0.1, -0.05) is 30.7 Å². The molecule has 0 saturated carbocycles. The fourth-order valence-corrected chi connectivity index (χ4v) is 4.10. The van der Waals surface area contributed by atoms with Gasteiger partial charge in [-0.25, -0.2) is 0 Å². The lowest BCUT2D eigenvalue weighted by Gasteiger charge is -2.34. The van der Waals surface area contributed by atoms with Gasteiger partial charge in [-0.05, 0) is 55.9 Å². The highest BCUT2D eigenvalue weighted by Gasteiger charge is 2.23. The monoisotopic (exact) mass is 358 g/mol. The molecule has 1 N–H and O–H groups in total. The number of benzene rings is 1. The molecule has 0 unspecified atom stereocenters. The zero-order valence-electron chi connectivity index (χ0n) is 14.7. The normalized spacial score (nSPS) is 16.4. The average Bonchev–Trinajstić information content (AvgIpc) is 3.16. The van der Waals surface area contributed by atoms with Crippen molar-refractivity contribution in [1.29, 1.82) is 0 Å². The first-order valence-electron chi connectivity index (χ1n) is 8.96. The third-order valence-electron chi connectivity index (χ3n) is 4.65. The van der Waals surface area contributed by atoms with Crippen molar-refractivity contribution in [2.75, 3.05) is 26.2 Å². The maximum Gasteiger partial charge on any atom is 0.258 e. The molecule has 1 amide bonds. The highest BCUT2D eigenvalue weighted by Crippen LogP contribution is 2.27. The molecular weight excluding hydrogens is 332 g/mol. The molecule has 4 nitrogen and oxygen atoms in total. The quantitative estimate of drug-likeness (QED) is 0.819. The van der Waals surface area contributed by atoms with Crippen LogP contribution in [0.1, 0.15) is 35.7 Å². The number of thiophene rings is 1. The molecule has 2 heterocycles. The van der Waals surface area contributed by atoms with Crippen LogP contribution in [0.3, 0.4) is 0 Å². The molecule has 0 aliphatic carbocycles. The summed E-state index contributed by atoms with van der Waals surface area (Å²) in [4.78, 5) is 16.1. The van der Waals surface area contributed by atoms with Gasteiger partial charge in [-0.3, -0.25) is 9.69 Å². The van der Waals surface area contributed by atoms with Gasteiger partial charge in [0.2, 0.25) is 0 Å². The van der Waals surface area contributed by atoms with Crippen LogP contribution in [0.25, 0.3) is 0 Å². The van der Waals surface area contributed by atoms with Gasteiger partial charge in [0.1, 0.15) is 5.75 Å². The topological polar surface area (TPSA) is 41.6 Å². The number of hydrogen-bond acceptors (Lipinski definition) is 4. The summed E-state index contributed by atoms with van der Waals surface area (Å²) in [5, 5.41) is 5.17. The SMILES string of the molecule is Cc1ccccc1OCC(=O)NC[C@@H](c1cccs1)N1CCCCC1. The van der Waals surface area contributed by atoms with E-state index in [1.165, 1.54) is 24.1 Å². The molecule has 3 rings (SSSR count). The average molecular weight is 359 g/mol. The van der Waals surface area contributed by atoms with E-state index < -0.39 is 0 Å². The first kappa shape index (κ1) is 18.0. The molecule has 0 spiro atoms. The van der Waals surface area contributed by atoms with Crippen molar-refractivity contribution in [3.05, 3.63) is 52.2 Å². The number of likely N-dealkylation sites (tertiary alicyclic amines) is 1. The fraction of sp³-hybridized carbons (Fsp3) is 0.450. The van der Waals surface area contributed by atoms with Crippen molar-refractivity contribution >= 4 is 17.2 Å². The van der Waals surface area contributed by atoms with Gasteiger partial charge >= 0.3 is 0 Å². The van der Waals surface area contributed by atoms with Crippen molar-refractivity contribution in [2.24, 2.45) is 0 Å². The molecule has 1 aliphatic heterocycles. The van der Waals surface area contributed by atoms with Crippen molar-refractivity contribution in [3.63, 3.8) is 0 Å². The zero-order valence-corrected chi connectivity index (χ0v) is 15.6. The lowest BCUT2D eigenvalue weighted by molar-refractivity contribution is -0.123. The Balaban J connectivity index is 1.53. The smallest absolute Gasteiger partial charge is 0.258 e. The predicted octanol–water partition coefficient (Wildman–Crippen LogP) is 3.78. The Labute approximate surface area is 153 Å². The van der Waals surface area contributed by atoms with Gasteiger partial charge in [0.25, 0.3) is 5.91 Å². The lowest BCUT2D eigenvalue weighted by atomic mass is 10.1. The second-order valence-corrected chi connectivity index (χ2v) is 7.47. The summed E-state index contributed by atoms with van der Waals surface area (Å²) < 4.78 is 5.64. The van der Waals surface area contributed by atoms with E-state index in [0.717, 1.165) is 24.4 Å². The Morgan fingerprint density at radius 1 is 1.20 bits per heavy atom. The number of piperidine rings is 1. The Bertz CT molecular complexity index is 666. The standard InChI is InChI=1S/C20H26N2O2S/c1-16-8-3-4-9-18(16)24-15-20(23)21-14-17(19-10-7-13-25-19)22-11-5-2-6-12-22/h3-4,7-10,13,17H,2,5-6,11-12,14-15H2,1H3,(H,21,23)/t17-/m0/s1. The van der Waals surface area contributed by atoms with E-state index in [9.17, 15) is 4.79 Å². The largest absolute Gasteiger partial charge is 0.484 e. The van der Waals surface area contributed by atoms with Crippen molar-refractivity contribution in [1.82, 2.24) is 10.2 Å². The minimum Gasteiger partial charge on any atom is -0.484 e. The molecule has 0 radical (unpaired) electrons. The Hall–Kier alpha value is -1.85. The maximum atomic E-state index is 12.2. The van der Waals surface area contributed by atoms with Gasteiger partial charge in [-0.15, -0.1) is 11.3 Å². The second-order valence-electron chi connectivity index (χ2n) is 6.49. The summed E-state index contributed by atoms with van der Waals surface area (Å²) in [6.07, 6.45) is 3.79. The zero-order chi connectivity index (χ0) is 17.5. The van der Waals surface area contributed by atoms with E-state index >= 15 is 0 Å². The molecule has 1 saturated heterocycles. The van der Waals surface area contributed by atoms with Crippen LogP contribution in [-0.4, -0.2) is 37.0 Å². The minimum absolute atomic E-state index is 0.0576. The van der Waals surface area contributed by atoms with Crippen LogP contribution in [0.4, 0.5) is 0 Å². The van der Waals surface area contributed by atoms with Crippen molar-refractivity contribution in [3.8, 4) is 5.75 Å². The number of ether oxygens (including phenoxy) is 1. The number of aryl methyl sites for hydroxylation is 1. The van der Waals surface area contributed by atoms with E-state index in [-0.39, 0.29) is 18.6 Å². The van der Waals surface area contributed by atoms with Crippen molar-refractivity contribution < 1.29 is 9.53 Å². The summed E-state index contributed by atoms with van der Waals surface area (Å²) >= 11 is 1.76. The number of rotatable bonds is 7. The predicted molar refractivity (Wildman–Crippen MR) is 102 cm³/mol. The first-order chi connectivity index (χ1) is 12.2. The first-order valence-corrected chi connectivity index (χ1v) is 9.84. The molecule has 25 heavy (non-hydrogen) atoms. The van der Waals surface area contributed by atoms with Gasteiger partial charge in [-0.2, -0.15) is 0 Å². The molecule has 0 bridgehead atoms. The van der Waals surface area contributed by atoms with Gasteiger partial charge in [0, 0.05) is 11.4 Å². The maximum absolute atomic E-state index is 12.2. The van der Waals surface area contributed by atoms with Crippen LogP contribution in [0.15, 0.2) is 41.8 Å². The number of nitrogens with zero attached hydrogens (tertiary/aromatic N) is 1. The molecule has 134 valence electrons. The van der Waals surface area contributed by atoms with Crippen LogP contribution < -0.4 is 10.1 Å². The van der Waals surface area contributed by atoms with Crippen LogP contribution in [0.2, 0.25) is 0 Å². The highest BCUT2D eigenvalue weighted by atomic mass is 32.1. The lowest BCUT2D eigenvalue weighted by Crippen LogP contribution is -2.41. The number of para-hydroxylation sites is 1. The van der Waals surface area contributed by atoms with Gasteiger partial charge in [0.05, 0.1) is 6.04 Å². The number of nitrogens with one attached hydrogen (secondary N) is 1. The van der Waals surface area contributed by atoms with Crippen LogP contribution in [-0.2, 0) is 4.79 Å². The molecule has 1 aromatic carbocycles. The van der Waals surface area contributed by atoms with Crippen molar-refractivity contribution in [2.45, 2.75) is 32.2 Å². The summed E-state index contributed by atoms with van der Waals surface area (Å²) in [7, 11) is 0. The summed E-state index contributed by atoms with van der Waals surface area (Å²) in [5.74, 6) is 0.699. The number of carbonyl (C=O) groups is 1. The number of carbonyl (C=O) groups excluding carboxylic acids is 1. The highest BCUT2D eigenvalue weighted by molar-refractivity contribution is 7.10. The Morgan fingerprint density at radius 2 is 2.00 bits per heavy atom. The molecule has 1 aliphatic rings. The molecular formula is C20H26N2O2S. The van der Waals surface area contributed by atoms with Crippen LogP contribution in [0, 0.1) is 6.92 Å². The third kappa shape index (κ3) is 5.06. The summed E-state index contributed by atoms with van der Waals surface area (Å²) in [5.41, 5.74) is 1.04. The summed E-state index contributed by atoms with van der Waals surface area (Å²) in [6.45, 7) is 4.89. The van der Waals surface area contributed by atoms with E-state index in [1.807, 2.05) is 31.2 Å². The van der Waals surface area contributed by atoms with E-state index in [4.69, 9.17) is 4.74 Å². The van der Waals surface area contributed by atoms with Crippen LogP contribution >= 0.6 is 11.3 Å². The van der Waals surface area contributed by atoms with E-state index in [1.54, 1.807) is 11.3 Å². The summed E-state index contributed by atoms with van der Waals surface area (Å²) in [6, 6.07) is 12.3. The minimum atomic E-state index is -0.0678. The van der Waals surface area contributed by atoms with Gasteiger partial charge < -0.3 is 10.1 Å². The molecule has 1 atom stereocenters. The Morgan fingerprint density at radius 3 is 2.72 bits per heavy atom. The molecule has 1 fully saturated rings. The fourth-order valence-electron chi connectivity index (χ4n) is 3.24. The number of amides is 1. The van der Waals surface area contributed by atoms with E-state index in [2.05, 4.69) is 27.7 Å². The molecule has 5 heteroatoms. The third-order valence-corrected chi connectivity index (χ3v) is 5.62. The number of hydrogen-bond donors (Lipinski definition) is 1. The Kier molecular flexibility index (Phi) is 6.48. The molecule has 1 aromatic heterocycles. The molecule has 2 aromatic rings. The second kappa shape index (κ2) is 9.02. The van der Waals surface area contributed by atoms with Gasteiger partial charge in [0.15, 0.2) is 6.61 Å². The van der Waals surface area contributed by atoms with E-state index in [0.29, 0.717) is 6.54 Å². The van der Waals surface area contributed by atoms with Crippen LogP contribution in [0.5, 0.6) is 5.75 Å².